The van der Waals surface area contributed by atoms with E-state index in [-0.39, 0.29) is 5.97 Å². The van der Waals surface area contributed by atoms with Gasteiger partial charge in [-0.05, 0) is 12.7 Å². The van der Waals surface area contributed by atoms with Gasteiger partial charge in [-0.2, -0.15) is 0 Å². The van der Waals surface area contributed by atoms with Gasteiger partial charge in [-0.15, -0.1) is 0 Å². The van der Waals surface area contributed by atoms with Crippen LogP contribution in [0.15, 0.2) is 11.4 Å². The van der Waals surface area contributed by atoms with Crippen molar-refractivity contribution < 1.29 is 9.53 Å². The molecule has 0 aliphatic rings. The second-order valence-electron chi connectivity index (χ2n) is 2.56. The van der Waals surface area contributed by atoms with Crippen LogP contribution in [0.2, 0.25) is 0 Å². The summed E-state index contributed by atoms with van der Waals surface area (Å²) in [6, 6.07) is 0. The largest absolute Gasteiger partial charge is 0.465 e. The third-order valence-electron chi connectivity index (χ3n) is 1.77. The Balaban J connectivity index is 3.11. The van der Waals surface area contributed by atoms with Gasteiger partial charge in [0.05, 0.1) is 18.4 Å². The fourth-order valence-electron chi connectivity index (χ4n) is 1.05. The summed E-state index contributed by atoms with van der Waals surface area (Å²) in [4.78, 5) is 19.5. The molecule has 1 rings (SSSR count). The first-order valence-electron chi connectivity index (χ1n) is 4.21. The zero-order valence-electron chi connectivity index (χ0n) is 8.40. The Hall–Kier alpha value is -1.10. The van der Waals surface area contributed by atoms with Gasteiger partial charge in [-0.25, -0.2) is 14.8 Å². The average molecular weight is 212 g/mol. The maximum atomic E-state index is 11.3. The second kappa shape index (κ2) is 4.95. The van der Waals surface area contributed by atoms with Gasteiger partial charge in [0.2, 0.25) is 0 Å². The summed E-state index contributed by atoms with van der Waals surface area (Å²) in [5.41, 5.74) is 1.18. The van der Waals surface area contributed by atoms with Crippen molar-refractivity contribution in [2.45, 2.75) is 18.5 Å². The lowest BCUT2D eigenvalue weighted by atomic mass is 10.2. The number of hydrogen-bond acceptors (Lipinski definition) is 5. The van der Waals surface area contributed by atoms with Crippen molar-refractivity contribution in [1.29, 1.82) is 0 Å². The monoisotopic (exact) mass is 212 g/mol. The molecule has 0 atom stereocenters. The fourth-order valence-corrected chi connectivity index (χ4v) is 1.41. The third-order valence-corrected chi connectivity index (χ3v) is 2.33. The van der Waals surface area contributed by atoms with Crippen LogP contribution in [-0.2, 0) is 11.2 Å². The number of methoxy groups -OCH3 is 1. The van der Waals surface area contributed by atoms with Crippen molar-refractivity contribution >= 4 is 17.7 Å². The molecule has 0 amide bonds. The molecule has 0 saturated heterocycles. The lowest BCUT2D eigenvalue weighted by Crippen LogP contribution is -2.08. The lowest BCUT2D eigenvalue weighted by Gasteiger charge is -2.05. The topological polar surface area (TPSA) is 52.1 Å². The highest BCUT2D eigenvalue weighted by Crippen LogP contribution is 2.13. The van der Waals surface area contributed by atoms with Gasteiger partial charge in [0.1, 0.15) is 0 Å². The summed E-state index contributed by atoms with van der Waals surface area (Å²) in [6.07, 6.45) is 4.11. The van der Waals surface area contributed by atoms with Gasteiger partial charge in [-0.3, -0.25) is 0 Å². The smallest absolute Gasteiger partial charge is 0.341 e. The molecule has 0 aliphatic heterocycles. The predicted molar refractivity (Wildman–Crippen MR) is 54.5 cm³/mol. The Morgan fingerprint density at radius 1 is 1.64 bits per heavy atom. The van der Waals surface area contributed by atoms with Crippen molar-refractivity contribution in [2.24, 2.45) is 0 Å². The van der Waals surface area contributed by atoms with E-state index in [1.54, 1.807) is 0 Å². The number of rotatable bonds is 3. The van der Waals surface area contributed by atoms with E-state index in [0.29, 0.717) is 17.1 Å². The number of nitrogens with zero attached hydrogens (tertiary/aromatic N) is 2. The van der Waals surface area contributed by atoms with Gasteiger partial charge in [0.15, 0.2) is 5.16 Å². The Morgan fingerprint density at radius 3 is 2.86 bits per heavy atom. The number of thioether (sulfide) groups is 1. The van der Waals surface area contributed by atoms with Crippen molar-refractivity contribution in [2.75, 3.05) is 13.4 Å². The molecular formula is C9H12N2O2S. The van der Waals surface area contributed by atoms with Crippen LogP contribution in [0.1, 0.15) is 23.0 Å². The van der Waals surface area contributed by atoms with Crippen LogP contribution < -0.4 is 0 Å². The highest BCUT2D eigenvalue weighted by Gasteiger charge is 2.13. The standard InChI is InChI=1S/C9H12N2O2S/c1-4-7-6(8(12)13-2)5-10-9(11-7)14-3/h5H,4H2,1-3H3. The zero-order valence-corrected chi connectivity index (χ0v) is 9.22. The van der Waals surface area contributed by atoms with E-state index < -0.39 is 0 Å². The highest BCUT2D eigenvalue weighted by atomic mass is 32.2. The molecule has 0 aliphatic carbocycles. The first-order valence-corrected chi connectivity index (χ1v) is 5.43. The first-order chi connectivity index (χ1) is 6.72. The molecule has 4 nitrogen and oxygen atoms in total. The molecule has 1 aromatic rings. The molecule has 0 fully saturated rings. The second-order valence-corrected chi connectivity index (χ2v) is 3.34. The van der Waals surface area contributed by atoms with Crippen LogP contribution in [-0.4, -0.2) is 29.3 Å². The van der Waals surface area contributed by atoms with Gasteiger partial charge in [0.25, 0.3) is 0 Å². The van der Waals surface area contributed by atoms with Gasteiger partial charge in [-0.1, -0.05) is 18.7 Å². The van der Waals surface area contributed by atoms with Crippen molar-refractivity contribution in [1.82, 2.24) is 9.97 Å². The van der Waals surface area contributed by atoms with Crippen LogP contribution in [0.4, 0.5) is 0 Å². The van der Waals surface area contributed by atoms with E-state index >= 15 is 0 Å². The van der Waals surface area contributed by atoms with E-state index in [0.717, 1.165) is 5.69 Å². The zero-order chi connectivity index (χ0) is 10.6. The minimum atomic E-state index is -0.380. The number of aromatic nitrogens is 2. The SMILES string of the molecule is CCc1nc(SC)ncc1C(=O)OC. The minimum Gasteiger partial charge on any atom is -0.465 e. The highest BCUT2D eigenvalue weighted by molar-refractivity contribution is 7.98. The van der Waals surface area contributed by atoms with Crippen LogP contribution in [0.25, 0.3) is 0 Å². The predicted octanol–water partition coefficient (Wildman–Crippen LogP) is 1.55. The van der Waals surface area contributed by atoms with E-state index in [4.69, 9.17) is 0 Å². The molecule has 1 heterocycles. The number of esters is 1. The quantitative estimate of drug-likeness (QED) is 0.432. The van der Waals surface area contributed by atoms with Crippen LogP contribution in [0, 0.1) is 0 Å². The molecule has 5 heteroatoms. The molecule has 14 heavy (non-hydrogen) atoms. The van der Waals surface area contributed by atoms with E-state index in [9.17, 15) is 4.79 Å². The Morgan fingerprint density at radius 2 is 2.36 bits per heavy atom. The summed E-state index contributed by atoms with van der Waals surface area (Å²) in [5, 5.41) is 0.675. The van der Waals surface area contributed by atoms with Crippen LogP contribution >= 0.6 is 11.8 Å². The molecule has 0 saturated carbocycles. The summed E-state index contributed by atoms with van der Waals surface area (Å²) in [6.45, 7) is 1.94. The van der Waals surface area contributed by atoms with Crippen molar-refractivity contribution in [3.05, 3.63) is 17.5 Å². The Kier molecular flexibility index (Phi) is 3.88. The molecular weight excluding hydrogens is 200 g/mol. The average Bonchev–Trinajstić information content (AvgIpc) is 2.27. The number of ether oxygens (including phenoxy) is 1. The summed E-state index contributed by atoms with van der Waals surface area (Å²) in [5.74, 6) is -0.380. The maximum absolute atomic E-state index is 11.3. The fraction of sp³-hybridized carbons (Fsp3) is 0.444. The molecule has 0 bridgehead atoms. The number of aryl methyl sites for hydroxylation is 1. The summed E-state index contributed by atoms with van der Waals surface area (Å²) < 4.78 is 4.63. The van der Waals surface area contributed by atoms with Gasteiger partial charge < -0.3 is 4.74 Å². The van der Waals surface area contributed by atoms with E-state index in [1.807, 2.05) is 13.2 Å². The molecule has 0 aromatic carbocycles. The van der Waals surface area contributed by atoms with E-state index in [2.05, 4.69) is 14.7 Å². The van der Waals surface area contributed by atoms with Crippen molar-refractivity contribution in [3.63, 3.8) is 0 Å². The molecule has 1 aromatic heterocycles. The van der Waals surface area contributed by atoms with Gasteiger partial charge >= 0.3 is 5.97 Å². The Labute approximate surface area is 87.1 Å². The summed E-state index contributed by atoms with van der Waals surface area (Å²) >= 11 is 1.45. The normalized spacial score (nSPS) is 9.93. The molecule has 0 spiro atoms. The van der Waals surface area contributed by atoms with E-state index in [1.165, 1.54) is 25.1 Å². The third kappa shape index (κ3) is 2.23. The first kappa shape index (κ1) is 11.0. The number of carbonyl (C=O) groups excluding carboxylic acids is 1. The van der Waals surface area contributed by atoms with Crippen molar-refractivity contribution in [3.8, 4) is 0 Å². The number of carbonyl (C=O) groups is 1. The summed E-state index contributed by atoms with van der Waals surface area (Å²) in [7, 11) is 1.35. The van der Waals surface area contributed by atoms with Crippen LogP contribution in [0.3, 0.4) is 0 Å². The minimum absolute atomic E-state index is 0.380. The number of hydrogen-bond donors (Lipinski definition) is 0. The molecule has 0 unspecified atom stereocenters. The molecule has 0 N–H and O–H groups in total. The lowest BCUT2D eigenvalue weighted by molar-refractivity contribution is 0.0598. The van der Waals surface area contributed by atoms with Crippen LogP contribution in [0.5, 0.6) is 0 Å². The Bertz CT molecular complexity index is 342. The van der Waals surface area contributed by atoms with Gasteiger partial charge in [0, 0.05) is 6.20 Å². The maximum Gasteiger partial charge on any atom is 0.341 e. The molecule has 0 radical (unpaired) electrons. The molecule has 76 valence electrons.